The average Bonchev–Trinajstić information content (AvgIpc) is 3.39. The van der Waals surface area contributed by atoms with E-state index in [1.54, 1.807) is 0 Å². The lowest BCUT2D eigenvalue weighted by Gasteiger charge is -2.21. The fourth-order valence-corrected chi connectivity index (χ4v) is 8.12. The van der Waals surface area contributed by atoms with E-state index in [9.17, 15) is 28.9 Å². The fraction of sp³-hybridized carbons (Fsp3) is 0.661. The van der Waals surface area contributed by atoms with Gasteiger partial charge in [-0.25, -0.2) is 4.57 Å². The molecule has 0 aliphatic heterocycles. The van der Waals surface area contributed by atoms with Gasteiger partial charge < -0.3 is 24.2 Å². The number of hydrogen-bond donors (Lipinski definition) is 2. The van der Waals surface area contributed by atoms with Crippen LogP contribution in [0.15, 0.2) is 109 Å². The molecule has 12 heteroatoms. The van der Waals surface area contributed by atoms with Gasteiger partial charge in [-0.05, 0) is 122 Å². The minimum atomic E-state index is -4.77. The molecule has 0 aliphatic rings. The molecule has 74 heavy (non-hydrogen) atoms. The molecule has 0 aliphatic carbocycles. The van der Waals surface area contributed by atoms with Crippen molar-refractivity contribution in [2.24, 2.45) is 0 Å². The summed E-state index contributed by atoms with van der Waals surface area (Å²) >= 11 is 0. The van der Waals surface area contributed by atoms with E-state index in [2.05, 4.69) is 130 Å². The Kier molecular flexibility index (Phi) is 52.5. The molecule has 11 nitrogen and oxygen atoms in total. The van der Waals surface area contributed by atoms with Gasteiger partial charge in [0.1, 0.15) is 12.7 Å². The minimum absolute atomic E-state index is 0.134. The second-order valence-electron chi connectivity index (χ2n) is 18.7. The highest BCUT2D eigenvalue weighted by Gasteiger charge is 2.28. The highest BCUT2D eigenvalue weighted by molar-refractivity contribution is 7.47. The molecule has 0 rings (SSSR count). The summed E-state index contributed by atoms with van der Waals surface area (Å²) in [6, 6.07) is 0. The van der Waals surface area contributed by atoms with Crippen LogP contribution in [0.4, 0.5) is 0 Å². The minimum Gasteiger partial charge on any atom is -0.462 e. The fourth-order valence-electron chi connectivity index (χ4n) is 7.33. The molecule has 0 aromatic heterocycles. The maximum atomic E-state index is 12.9. The van der Waals surface area contributed by atoms with Crippen LogP contribution in [-0.2, 0) is 42.2 Å². The van der Waals surface area contributed by atoms with Gasteiger partial charge in [0, 0.05) is 19.3 Å². The lowest BCUT2D eigenvalue weighted by molar-refractivity contribution is -0.161. The van der Waals surface area contributed by atoms with Gasteiger partial charge in [-0.3, -0.25) is 23.4 Å². The molecular formula is C62H103O11P. The van der Waals surface area contributed by atoms with Crippen LogP contribution in [0.5, 0.6) is 0 Å². The third-order valence-electron chi connectivity index (χ3n) is 11.7. The molecule has 422 valence electrons. The highest BCUT2D eigenvalue weighted by Crippen LogP contribution is 2.43. The van der Waals surface area contributed by atoms with E-state index in [-0.39, 0.29) is 25.9 Å². The first-order valence-corrected chi connectivity index (χ1v) is 30.3. The zero-order chi connectivity index (χ0) is 54.1. The zero-order valence-corrected chi connectivity index (χ0v) is 47.4. The molecule has 0 bridgehead atoms. The summed E-state index contributed by atoms with van der Waals surface area (Å²) in [6.07, 6.45) is 66.2. The molecule has 0 aromatic rings. The number of carbonyl (C=O) groups is 3. The summed E-state index contributed by atoms with van der Waals surface area (Å²) in [5, 5.41) is 9.80. The third-order valence-corrected chi connectivity index (χ3v) is 12.6. The van der Waals surface area contributed by atoms with Crippen LogP contribution in [0.3, 0.4) is 0 Å². The maximum absolute atomic E-state index is 12.9. The number of aliphatic hydroxyl groups is 1. The number of hydrogen-bond acceptors (Lipinski definition) is 10. The number of rotatable bonds is 52. The van der Waals surface area contributed by atoms with Crippen molar-refractivity contribution >= 4 is 25.7 Å². The van der Waals surface area contributed by atoms with Crippen molar-refractivity contribution in [3.05, 3.63) is 109 Å². The highest BCUT2D eigenvalue weighted by atomic mass is 31.2. The first kappa shape index (κ1) is 70.1. The monoisotopic (exact) mass is 1050 g/mol. The number of unbranched alkanes of at least 4 members (excludes halogenated alkanes) is 17. The Balaban J connectivity index is 4.83. The number of ether oxygens (including phenoxy) is 3. The van der Waals surface area contributed by atoms with Crippen molar-refractivity contribution < 1.29 is 52.2 Å². The van der Waals surface area contributed by atoms with Crippen molar-refractivity contribution in [2.75, 3.05) is 26.4 Å². The smallest absolute Gasteiger partial charge is 0.462 e. The largest absolute Gasteiger partial charge is 0.472 e. The molecule has 0 amide bonds. The van der Waals surface area contributed by atoms with Crippen LogP contribution in [-0.4, -0.2) is 66.5 Å². The van der Waals surface area contributed by atoms with Crippen LogP contribution in [0.2, 0.25) is 0 Å². The van der Waals surface area contributed by atoms with E-state index in [4.69, 9.17) is 23.3 Å². The Bertz CT molecular complexity index is 1660. The lowest BCUT2D eigenvalue weighted by Crippen LogP contribution is -2.30. The predicted molar refractivity (Wildman–Crippen MR) is 307 cm³/mol. The number of phosphoric ester groups is 1. The molecule has 0 saturated carbocycles. The Morgan fingerprint density at radius 1 is 0.392 bits per heavy atom. The first-order valence-electron chi connectivity index (χ1n) is 28.8. The van der Waals surface area contributed by atoms with Crippen LogP contribution in [0.25, 0.3) is 0 Å². The van der Waals surface area contributed by atoms with Gasteiger partial charge in [-0.15, -0.1) is 0 Å². The summed E-state index contributed by atoms with van der Waals surface area (Å²) in [5.74, 6) is -1.55. The molecule has 3 atom stereocenters. The van der Waals surface area contributed by atoms with E-state index in [1.807, 2.05) is 0 Å². The van der Waals surface area contributed by atoms with Gasteiger partial charge in [0.15, 0.2) is 6.10 Å². The number of carbonyl (C=O) groups excluding carboxylic acids is 3. The van der Waals surface area contributed by atoms with Gasteiger partial charge in [-0.1, -0.05) is 194 Å². The normalized spacial score (nSPS) is 14.2. The van der Waals surface area contributed by atoms with Gasteiger partial charge >= 0.3 is 25.7 Å². The molecule has 3 unspecified atom stereocenters. The van der Waals surface area contributed by atoms with Crippen molar-refractivity contribution in [3.63, 3.8) is 0 Å². The van der Waals surface area contributed by atoms with Crippen LogP contribution in [0.1, 0.15) is 226 Å². The summed E-state index contributed by atoms with van der Waals surface area (Å²) < 4.78 is 39.4. The molecule has 0 aromatic carbocycles. The first-order chi connectivity index (χ1) is 36.2. The summed E-state index contributed by atoms with van der Waals surface area (Å²) in [5.41, 5.74) is 0. The number of allylic oxidation sites excluding steroid dienone is 18. The summed E-state index contributed by atoms with van der Waals surface area (Å²) in [4.78, 5) is 48.5. The quantitative estimate of drug-likeness (QED) is 0.0197. The summed E-state index contributed by atoms with van der Waals surface area (Å²) in [6.45, 7) is 4.32. The summed E-state index contributed by atoms with van der Waals surface area (Å²) in [7, 11) is -4.77. The zero-order valence-electron chi connectivity index (χ0n) is 46.5. The second-order valence-corrected chi connectivity index (χ2v) is 20.1. The molecular weight excluding hydrogens is 952 g/mol. The number of aliphatic hydroxyl groups excluding tert-OH is 1. The Morgan fingerprint density at radius 2 is 0.703 bits per heavy atom. The van der Waals surface area contributed by atoms with E-state index in [1.165, 1.54) is 38.5 Å². The Morgan fingerprint density at radius 3 is 1.11 bits per heavy atom. The van der Waals surface area contributed by atoms with Crippen LogP contribution < -0.4 is 0 Å². The van der Waals surface area contributed by atoms with Crippen molar-refractivity contribution in [3.8, 4) is 0 Å². The number of phosphoric acid groups is 1. The lowest BCUT2D eigenvalue weighted by atomic mass is 10.1. The van der Waals surface area contributed by atoms with E-state index in [0.717, 1.165) is 128 Å². The Hall–Kier alpha value is -3.86. The van der Waals surface area contributed by atoms with Crippen molar-refractivity contribution in [1.29, 1.82) is 0 Å². The van der Waals surface area contributed by atoms with Gasteiger partial charge in [-0.2, -0.15) is 0 Å². The molecule has 0 spiro atoms. The van der Waals surface area contributed by atoms with Crippen LogP contribution in [0, 0.1) is 0 Å². The Labute approximate surface area is 450 Å². The SMILES string of the molecule is CC/C=C\C/C=C\C/C=C\C/C=C\C/C=C\CCCCCC(=O)OCC(COP(=O)(O)OCC(CO)OC(=O)CCCCC/C=C\C/C=C\C/C=C\CC)OC(=O)CCCCCCC/C=C\CCCCCCCC. The van der Waals surface area contributed by atoms with Gasteiger partial charge in [0.05, 0.1) is 19.8 Å². The van der Waals surface area contributed by atoms with E-state index < -0.39 is 57.8 Å². The second kappa shape index (κ2) is 55.4. The van der Waals surface area contributed by atoms with Crippen LogP contribution >= 0.6 is 7.82 Å². The van der Waals surface area contributed by atoms with Gasteiger partial charge in [0.25, 0.3) is 0 Å². The third kappa shape index (κ3) is 53.0. The molecule has 0 saturated heterocycles. The predicted octanol–water partition coefficient (Wildman–Crippen LogP) is 17.0. The number of esters is 3. The van der Waals surface area contributed by atoms with E-state index in [0.29, 0.717) is 19.3 Å². The molecule has 2 N–H and O–H groups in total. The topological polar surface area (TPSA) is 155 Å². The van der Waals surface area contributed by atoms with Crippen molar-refractivity contribution in [1.82, 2.24) is 0 Å². The standard InChI is InChI=1S/C62H103O11P/c1-4-7-10-13-16-19-22-25-27-28-29-30-32-34-36-39-42-45-48-51-60(64)69-55-59(73-62(66)53-50-47-44-41-38-35-31-26-23-20-17-14-11-8-5-2)57-71-74(67,68)70-56-58(54-63)72-61(65)52-49-46-43-40-37-33-24-21-18-15-12-9-6-3/h7,9-10,12,16,18-19,21,25-27,29-31,33-34,36-37,58-59,63H,4-6,8,11,13-15,17,20,22-24,28,32,35,38-57H2,1-3H3,(H,67,68)/b10-7-,12-9-,19-16-,21-18-,27-25-,30-29-,31-26-,36-34-,37-33-. The molecule has 0 heterocycles. The molecule has 0 radical (unpaired) electrons. The van der Waals surface area contributed by atoms with Gasteiger partial charge in [0.2, 0.25) is 0 Å². The maximum Gasteiger partial charge on any atom is 0.472 e. The molecule has 0 fully saturated rings. The van der Waals surface area contributed by atoms with Crippen molar-refractivity contribution in [2.45, 2.75) is 238 Å². The average molecular weight is 1060 g/mol. The van der Waals surface area contributed by atoms with E-state index >= 15 is 0 Å².